The van der Waals surface area contributed by atoms with Gasteiger partial charge >= 0.3 is 0 Å². The van der Waals surface area contributed by atoms with Crippen molar-refractivity contribution in [3.8, 4) is 5.69 Å². The molecule has 0 saturated carbocycles. The van der Waals surface area contributed by atoms with Crippen LogP contribution in [0.25, 0.3) is 5.69 Å². The van der Waals surface area contributed by atoms with Crippen molar-refractivity contribution in [2.75, 3.05) is 11.1 Å². The first-order valence-corrected chi connectivity index (χ1v) is 11.6. The highest BCUT2D eigenvalue weighted by molar-refractivity contribution is 7.99. The lowest BCUT2D eigenvalue weighted by Gasteiger charge is -2.13. The Morgan fingerprint density at radius 3 is 2.71 bits per heavy atom. The Kier molecular flexibility index (Phi) is 6.34. The lowest BCUT2D eigenvalue weighted by molar-refractivity contribution is -0.115. The number of carbonyl (C=O) groups is 1. The van der Waals surface area contributed by atoms with E-state index in [0.717, 1.165) is 33.6 Å². The van der Waals surface area contributed by atoms with Gasteiger partial charge in [0.05, 0.1) is 23.6 Å². The molecule has 9 heteroatoms. The molecule has 0 aliphatic rings. The van der Waals surface area contributed by atoms with Crippen LogP contribution < -0.4 is 11.1 Å². The summed E-state index contributed by atoms with van der Waals surface area (Å²) >= 11 is 2.83. The molecule has 0 fully saturated rings. The summed E-state index contributed by atoms with van der Waals surface area (Å²) in [4.78, 5) is 16.0. The van der Waals surface area contributed by atoms with Crippen LogP contribution in [0, 0.1) is 13.8 Å². The highest BCUT2D eigenvalue weighted by atomic mass is 32.2. The summed E-state index contributed by atoms with van der Waals surface area (Å²) in [7, 11) is 0. The second-order valence-corrected chi connectivity index (χ2v) is 8.89. The molecule has 31 heavy (non-hydrogen) atoms. The van der Waals surface area contributed by atoms with Crippen molar-refractivity contribution in [1.29, 1.82) is 0 Å². The van der Waals surface area contributed by atoms with Gasteiger partial charge in [0.25, 0.3) is 0 Å². The van der Waals surface area contributed by atoms with Crippen LogP contribution >= 0.6 is 23.1 Å². The van der Waals surface area contributed by atoms with E-state index in [9.17, 15) is 4.79 Å². The lowest BCUT2D eigenvalue weighted by atomic mass is 10.1. The Morgan fingerprint density at radius 2 is 1.97 bits per heavy atom. The average Bonchev–Trinajstić information content (AvgIpc) is 3.34. The summed E-state index contributed by atoms with van der Waals surface area (Å²) in [6.45, 7) is 4.11. The van der Waals surface area contributed by atoms with Gasteiger partial charge in [0.15, 0.2) is 10.3 Å². The number of benzene rings is 2. The Balaban J connectivity index is 1.63. The van der Waals surface area contributed by atoms with E-state index in [-0.39, 0.29) is 5.75 Å². The first kappa shape index (κ1) is 21.1. The highest BCUT2D eigenvalue weighted by Gasteiger charge is 2.18. The van der Waals surface area contributed by atoms with Crippen LogP contribution in [0.15, 0.2) is 59.1 Å². The Bertz CT molecular complexity index is 1200. The summed E-state index contributed by atoms with van der Waals surface area (Å²) in [5.41, 5.74) is 10.5. The number of thioether (sulfide) groups is 1. The molecular weight excluding hydrogens is 428 g/mol. The minimum absolute atomic E-state index is 0.144. The summed E-state index contributed by atoms with van der Waals surface area (Å²) in [6.07, 6.45) is 0.518. The minimum Gasteiger partial charge on any atom is -0.369 e. The molecular formula is C22H22N6OS2. The predicted molar refractivity (Wildman–Crippen MR) is 125 cm³/mol. The molecule has 0 unspecified atom stereocenters. The number of rotatable bonds is 8. The lowest BCUT2D eigenvalue weighted by Crippen LogP contribution is -2.14. The fourth-order valence-corrected chi connectivity index (χ4v) is 4.63. The maximum atomic E-state index is 11.3. The molecule has 3 N–H and O–H groups in total. The van der Waals surface area contributed by atoms with E-state index in [1.54, 1.807) is 11.3 Å². The van der Waals surface area contributed by atoms with Crippen molar-refractivity contribution in [3.63, 3.8) is 0 Å². The standard InChI is InChI=1S/C22H22N6OS2/c1-14-8-9-18(15(2)10-14)28-20(26-27-22(28)31-13-19(23)29)11-17-12-30-21(25-17)24-16-6-4-3-5-7-16/h3-10,12H,11,13H2,1-2H3,(H2,23,29)(H,24,25). The number of nitrogens with two attached hydrogens (primary N) is 1. The zero-order chi connectivity index (χ0) is 21.8. The van der Waals surface area contributed by atoms with Crippen molar-refractivity contribution >= 4 is 39.8 Å². The number of nitrogens with one attached hydrogen (secondary N) is 1. The third kappa shape index (κ3) is 5.12. The first-order valence-electron chi connectivity index (χ1n) is 9.69. The van der Waals surface area contributed by atoms with Crippen molar-refractivity contribution in [2.24, 2.45) is 5.73 Å². The highest BCUT2D eigenvalue weighted by Crippen LogP contribution is 2.27. The fourth-order valence-electron chi connectivity index (χ4n) is 3.19. The van der Waals surface area contributed by atoms with Crippen LogP contribution in [0.3, 0.4) is 0 Å². The Morgan fingerprint density at radius 1 is 1.16 bits per heavy atom. The van der Waals surface area contributed by atoms with Gasteiger partial charge in [-0.05, 0) is 37.6 Å². The van der Waals surface area contributed by atoms with Crippen LogP contribution in [0.5, 0.6) is 0 Å². The van der Waals surface area contributed by atoms with Gasteiger partial charge < -0.3 is 11.1 Å². The summed E-state index contributed by atoms with van der Waals surface area (Å²) in [6, 6.07) is 16.2. The fraction of sp³-hybridized carbons (Fsp3) is 0.182. The van der Waals surface area contributed by atoms with E-state index in [1.165, 1.54) is 17.3 Å². The molecule has 0 atom stereocenters. The SMILES string of the molecule is Cc1ccc(-n2c(Cc3csc(Nc4ccccc4)n3)nnc2SCC(N)=O)c(C)c1. The number of primary amides is 1. The number of carbonyl (C=O) groups excluding carboxylic acids is 1. The number of para-hydroxylation sites is 1. The summed E-state index contributed by atoms with van der Waals surface area (Å²) in [5, 5.41) is 15.5. The van der Waals surface area contributed by atoms with Crippen molar-refractivity contribution in [2.45, 2.75) is 25.4 Å². The molecule has 0 radical (unpaired) electrons. The van der Waals surface area contributed by atoms with Gasteiger partial charge in [-0.1, -0.05) is 47.7 Å². The van der Waals surface area contributed by atoms with Crippen LogP contribution in [-0.2, 0) is 11.2 Å². The number of aryl methyl sites for hydroxylation is 2. The van der Waals surface area contributed by atoms with E-state index >= 15 is 0 Å². The Hall–Kier alpha value is -3.17. The molecule has 4 rings (SSSR count). The molecule has 0 spiro atoms. The van der Waals surface area contributed by atoms with E-state index < -0.39 is 5.91 Å². The van der Waals surface area contributed by atoms with Gasteiger partial charge in [-0.15, -0.1) is 21.5 Å². The summed E-state index contributed by atoms with van der Waals surface area (Å²) in [5.74, 6) is 0.513. The number of amides is 1. The molecule has 158 valence electrons. The zero-order valence-corrected chi connectivity index (χ0v) is 18.8. The number of hydrogen-bond acceptors (Lipinski definition) is 7. The second kappa shape index (κ2) is 9.32. The quantitative estimate of drug-likeness (QED) is 0.389. The van der Waals surface area contributed by atoms with E-state index in [2.05, 4.69) is 47.6 Å². The maximum Gasteiger partial charge on any atom is 0.227 e. The van der Waals surface area contributed by atoms with Gasteiger partial charge in [0.2, 0.25) is 5.91 Å². The third-order valence-electron chi connectivity index (χ3n) is 4.55. The van der Waals surface area contributed by atoms with Gasteiger partial charge in [-0.2, -0.15) is 0 Å². The van der Waals surface area contributed by atoms with E-state index in [0.29, 0.717) is 11.6 Å². The van der Waals surface area contributed by atoms with Crippen LogP contribution in [0.2, 0.25) is 0 Å². The molecule has 1 amide bonds. The van der Waals surface area contributed by atoms with Crippen molar-refractivity contribution in [1.82, 2.24) is 19.7 Å². The smallest absolute Gasteiger partial charge is 0.227 e. The van der Waals surface area contributed by atoms with Crippen molar-refractivity contribution in [3.05, 3.63) is 76.6 Å². The van der Waals surface area contributed by atoms with Gasteiger partial charge in [0, 0.05) is 11.1 Å². The molecule has 0 saturated heterocycles. The number of aromatic nitrogens is 4. The molecule has 0 aliphatic heterocycles. The van der Waals surface area contributed by atoms with Crippen LogP contribution in [0.1, 0.15) is 22.6 Å². The normalized spacial score (nSPS) is 10.9. The number of nitrogens with zero attached hydrogens (tertiary/aromatic N) is 4. The molecule has 0 bridgehead atoms. The monoisotopic (exact) mass is 450 g/mol. The van der Waals surface area contributed by atoms with Gasteiger partial charge in [-0.25, -0.2) is 4.98 Å². The predicted octanol–water partition coefficient (Wildman–Crippen LogP) is 4.25. The number of thiazole rings is 1. The molecule has 2 aromatic heterocycles. The van der Waals surface area contributed by atoms with Crippen LogP contribution in [-0.4, -0.2) is 31.4 Å². The van der Waals surface area contributed by atoms with E-state index in [4.69, 9.17) is 10.7 Å². The zero-order valence-electron chi connectivity index (χ0n) is 17.2. The maximum absolute atomic E-state index is 11.3. The molecule has 2 aromatic carbocycles. The molecule has 2 heterocycles. The second-order valence-electron chi connectivity index (χ2n) is 7.09. The minimum atomic E-state index is -0.391. The van der Waals surface area contributed by atoms with E-state index in [1.807, 2.05) is 40.3 Å². The van der Waals surface area contributed by atoms with Crippen LogP contribution in [0.4, 0.5) is 10.8 Å². The van der Waals surface area contributed by atoms with Crippen molar-refractivity contribution < 1.29 is 4.79 Å². The Labute approximate surface area is 188 Å². The molecule has 0 aliphatic carbocycles. The number of anilines is 2. The van der Waals surface area contributed by atoms with Gasteiger partial charge in [-0.3, -0.25) is 9.36 Å². The van der Waals surface area contributed by atoms with Gasteiger partial charge in [0.1, 0.15) is 5.82 Å². The number of hydrogen-bond donors (Lipinski definition) is 2. The average molecular weight is 451 g/mol. The summed E-state index contributed by atoms with van der Waals surface area (Å²) < 4.78 is 1.99. The first-order chi connectivity index (χ1) is 15.0. The third-order valence-corrected chi connectivity index (χ3v) is 6.31. The topological polar surface area (TPSA) is 98.7 Å². The largest absolute Gasteiger partial charge is 0.369 e. The molecule has 4 aromatic rings. The molecule has 7 nitrogen and oxygen atoms in total.